The van der Waals surface area contributed by atoms with Crippen LogP contribution in [0.2, 0.25) is 0 Å². The van der Waals surface area contributed by atoms with Crippen LogP contribution in [0.4, 0.5) is 0 Å². The number of aryl methyl sites for hydroxylation is 2. The lowest BCUT2D eigenvalue weighted by molar-refractivity contribution is 0.627. The molecular formula is C16H22N4. The SMILES string of the molecule is Cc1cc(C)cc(Cn2cc(CNCC3CC3)nn2)c1. The molecule has 0 spiro atoms. The van der Waals surface area contributed by atoms with Gasteiger partial charge in [0.1, 0.15) is 0 Å². The van der Waals surface area contributed by atoms with E-state index in [1.165, 1.54) is 29.5 Å². The summed E-state index contributed by atoms with van der Waals surface area (Å²) in [6.07, 6.45) is 4.80. The van der Waals surface area contributed by atoms with Gasteiger partial charge >= 0.3 is 0 Å². The van der Waals surface area contributed by atoms with Gasteiger partial charge in [0.25, 0.3) is 0 Å². The number of nitrogens with one attached hydrogen (secondary N) is 1. The van der Waals surface area contributed by atoms with E-state index < -0.39 is 0 Å². The fourth-order valence-corrected chi connectivity index (χ4v) is 2.57. The van der Waals surface area contributed by atoms with Gasteiger partial charge in [-0.2, -0.15) is 0 Å². The van der Waals surface area contributed by atoms with Gasteiger partial charge in [-0.3, -0.25) is 0 Å². The first-order valence-corrected chi connectivity index (χ1v) is 7.36. The van der Waals surface area contributed by atoms with E-state index in [1.54, 1.807) is 0 Å². The molecule has 0 bridgehead atoms. The van der Waals surface area contributed by atoms with Crippen molar-refractivity contribution in [3.63, 3.8) is 0 Å². The van der Waals surface area contributed by atoms with Gasteiger partial charge in [0.2, 0.25) is 0 Å². The van der Waals surface area contributed by atoms with E-state index in [-0.39, 0.29) is 0 Å². The summed E-state index contributed by atoms with van der Waals surface area (Å²) in [5, 5.41) is 11.9. The molecule has 4 heteroatoms. The lowest BCUT2D eigenvalue weighted by atomic mass is 10.1. The minimum Gasteiger partial charge on any atom is -0.311 e. The molecule has 0 saturated heterocycles. The maximum Gasteiger partial charge on any atom is 0.0964 e. The van der Waals surface area contributed by atoms with E-state index in [1.807, 2.05) is 10.9 Å². The molecule has 1 aliphatic carbocycles. The van der Waals surface area contributed by atoms with Crippen molar-refractivity contribution in [2.75, 3.05) is 6.54 Å². The summed E-state index contributed by atoms with van der Waals surface area (Å²) in [4.78, 5) is 0. The monoisotopic (exact) mass is 270 g/mol. The second-order valence-electron chi connectivity index (χ2n) is 5.98. The van der Waals surface area contributed by atoms with Crippen molar-refractivity contribution in [3.05, 3.63) is 46.8 Å². The van der Waals surface area contributed by atoms with Crippen LogP contribution in [0.15, 0.2) is 24.4 Å². The van der Waals surface area contributed by atoms with E-state index in [2.05, 4.69) is 47.7 Å². The van der Waals surface area contributed by atoms with Crippen LogP contribution < -0.4 is 5.32 Å². The van der Waals surface area contributed by atoms with Crippen molar-refractivity contribution in [3.8, 4) is 0 Å². The van der Waals surface area contributed by atoms with Crippen molar-refractivity contribution >= 4 is 0 Å². The second-order valence-corrected chi connectivity index (χ2v) is 5.98. The Labute approximate surface area is 120 Å². The highest BCUT2D eigenvalue weighted by atomic mass is 15.4. The lowest BCUT2D eigenvalue weighted by Crippen LogP contribution is -2.16. The maximum atomic E-state index is 4.22. The summed E-state index contributed by atoms with van der Waals surface area (Å²) in [6.45, 7) is 6.99. The lowest BCUT2D eigenvalue weighted by Gasteiger charge is -2.04. The summed E-state index contributed by atoms with van der Waals surface area (Å²) in [7, 11) is 0. The first kappa shape index (κ1) is 13.3. The molecule has 0 radical (unpaired) electrons. The molecule has 106 valence electrons. The van der Waals surface area contributed by atoms with E-state index in [0.29, 0.717) is 0 Å². The van der Waals surface area contributed by atoms with Crippen molar-refractivity contribution in [2.45, 2.75) is 39.8 Å². The third-order valence-corrected chi connectivity index (χ3v) is 3.65. The molecule has 3 rings (SSSR count). The number of nitrogens with zero attached hydrogens (tertiary/aromatic N) is 3. The van der Waals surface area contributed by atoms with Crippen LogP contribution in [-0.2, 0) is 13.1 Å². The standard InChI is InChI=1S/C16H22N4/c1-12-5-13(2)7-15(6-12)10-20-11-16(18-19-20)9-17-8-14-3-4-14/h5-7,11,14,17H,3-4,8-10H2,1-2H3. The number of rotatable bonds is 6. The van der Waals surface area contributed by atoms with Crippen LogP contribution in [0.5, 0.6) is 0 Å². The molecule has 1 aromatic heterocycles. The Morgan fingerprint density at radius 2 is 1.95 bits per heavy atom. The highest BCUT2D eigenvalue weighted by molar-refractivity contribution is 5.28. The van der Waals surface area contributed by atoms with Crippen molar-refractivity contribution in [2.24, 2.45) is 5.92 Å². The topological polar surface area (TPSA) is 42.7 Å². The Kier molecular flexibility index (Phi) is 3.83. The van der Waals surface area contributed by atoms with Gasteiger partial charge in [-0.1, -0.05) is 34.5 Å². The van der Waals surface area contributed by atoms with Crippen LogP contribution in [0.1, 0.15) is 35.2 Å². The van der Waals surface area contributed by atoms with Gasteiger partial charge in [-0.05, 0) is 44.7 Å². The fourth-order valence-electron chi connectivity index (χ4n) is 2.57. The second kappa shape index (κ2) is 5.75. The molecule has 2 aromatic rings. The minimum atomic E-state index is 0.790. The summed E-state index contributed by atoms with van der Waals surface area (Å²) in [5.41, 5.74) is 4.90. The summed E-state index contributed by atoms with van der Waals surface area (Å²) in [5.74, 6) is 0.903. The summed E-state index contributed by atoms with van der Waals surface area (Å²) < 4.78 is 1.92. The van der Waals surface area contributed by atoms with E-state index in [9.17, 15) is 0 Å². The molecule has 1 fully saturated rings. The van der Waals surface area contributed by atoms with Crippen LogP contribution >= 0.6 is 0 Å². The van der Waals surface area contributed by atoms with Gasteiger partial charge in [-0.25, -0.2) is 4.68 Å². The number of hydrogen-bond donors (Lipinski definition) is 1. The Morgan fingerprint density at radius 3 is 2.65 bits per heavy atom. The first-order chi connectivity index (χ1) is 9.69. The molecule has 0 unspecified atom stereocenters. The molecule has 1 N–H and O–H groups in total. The van der Waals surface area contributed by atoms with Crippen LogP contribution in [0, 0.1) is 19.8 Å². The maximum absolute atomic E-state index is 4.22. The van der Waals surface area contributed by atoms with E-state index in [4.69, 9.17) is 0 Å². The number of hydrogen-bond acceptors (Lipinski definition) is 3. The van der Waals surface area contributed by atoms with Crippen molar-refractivity contribution < 1.29 is 0 Å². The van der Waals surface area contributed by atoms with E-state index in [0.717, 1.165) is 31.2 Å². The average Bonchev–Trinajstić information content (AvgIpc) is 3.09. The van der Waals surface area contributed by atoms with Gasteiger partial charge in [-0.15, -0.1) is 5.10 Å². The Hall–Kier alpha value is -1.68. The summed E-state index contributed by atoms with van der Waals surface area (Å²) in [6, 6.07) is 6.61. The predicted octanol–water partition coefficient (Wildman–Crippen LogP) is 2.44. The quantitative estimate of drug-likeness (QED) is 0.876. The molecule has 0 amide bonds. The molecule has 1 aliphatic rings. The van der Waals surface area contributed by atoms with Gasteiger partial charge in [0.15, 0.2) is 0 Å². The van der Waals surface area contributed by atoms with Crippen LogP contribution in [0.25, 0.3) is 0 Å². The van der Waals surface area contributed by atoms with Crippen LogP contribution in [0.3, 0.4) is 0 Å². The molecule has 0 aliphatic heterocycles. The highest BCUT2D eigenvalue weighted by Crippen LogP contribution is 2.27. The molecule has 20 heavy (non-hydrogen) atoms. The Bertz CT molecular complexity index is 564. The fraction of sp³-hybridized carbons (Fsp3) is 0.500. The van der Waals surface area contributed by atoms with Gasteiger partial charge in [0, 0.05) is 6.54 Å². The van der Waals surface area contributed by atoms with Crippen molar-refractivity contribution in [1.82, 2.24) is 20.3 Å². The van der Waals surface area contributed by atoms with Gasteiger partial charge < -0.3 is 5.32 Å². The molecular weight excluding hydrogens is 248 g/mol. The zero-order chi connectivity index (χ0) is 13.9. The number of benzene rings is 1. The molecule has 1 heterocycles. The van der Waals surface area contributed by atoms with Crippen molar-refractivity contribution in [1.29, 1.82) is 0 Å². The van der Waals surface area contributed by atoms with Gasteiger partial charge in [0.05, 0.1) is 18.4 Å². The third-order valence-electron chi connectivity index (χ3n) is 3.65. The largest absolute Gasteiger partial charge is 0.311 e. The predicted molar refractivity (Wildman–Crippen MR) is 79.5 cm³/mol. The third kappa shape index (κ3) is 3.67. The zero-order valence-corrected chi connectivity index (χ0v) is 12.3. The Morgan fingerprint density at radius 1 is 1.20 bits per heavy atom. The Balaban J connectivity index is 1.58. The first-order valence-electron chi connectivity index (χ1n) is 7.36. The van der Waals surface area contributed by atoms with Crippen LogP contribution in [-0.4, -0.2) is 21.5 Å². The summed E-state index contributed by atoms with van der Waals surface area (Å²) >= 11 is 0. The number of aromatic nitrogens is 3. The minimum absolute atomic E-state index is 0.790. The zero-order valence-electron chi connectivity index (χ0n) is 12.3. The molecule has 0 atom stereocenters. The average molecular weight is 270 g/mol. The smallest absolute Gasteiger partial charge is 0.0964 e. The van der Waals surface area contributed by atoms with E-state index >= 15 is 0 Å². The molecule has 1 aromatic carbocycles. The normalized spacial score (nSPS) is 14.7. The molecule has 4 nitrogen and oxygen atoms in total. The highest BCUT2D eigenvalue weighted by Gasteiger charge is 2.20. The molecule has 1 saturated carbocycles.